The second kappa shape index (κ2) is 8.47. The van der Waals surface area contributed by atoms with Crippen LogP contribution >= 0.6 is 0 Å². The molecule has 1 amide bonds. The van der Waals surface area contributed by atoms with E-state index in [1.165, 1.54) is 0 Å². The first-order chi connectivity index (χ1) is 15.6. The fraction of sp³-hybridized carbons (Fsp3) is 0.292. The van der Waals surface area contributed by atoms with E-state index in [1.807, 2.05) is 65.1 Å². The van der Waals surface area contributed by atoms with Gasteiger partial charge in [0.05, 0.1) is 24.0 Å². The van der Waals surface area contributed by atoms with Crippen molar-refractivity contribution in [2.24, 2.45) is 7.05 Å². The highest BCUT2D eigenvalue weighted by Crippen LogP contribution is 2.29. The summed E-state index contributed by atoms with van der Waals surface area (Å²) in [6.45, 7) is 3.78. The fourth-order valence-corrected chi connectivity index (χ4v) is 4.22. The molecular formula is C24H26N6O2. The number of hydrogen-bond acceptors (Lipinski definition) is 5. The van der Waals surface area contributed by atoms with Gasteiger partial charge < -0.3 is 9.64 Å². The summed E-state index contributed by atoms with van der Waals surface area (Å²) in [7, 11) is 3.45. The summed E-state index contributed by atoms with van der Waals surface area (Å²) in [5.41, 5.74) is 4.34. The monoisotopic (exact) mass is 430 g/mol. The van der Waals surface area contributed by atoms with Gasteiger partial charge in [0.1, 0.15) is 11.4 Å². The summed E-state index contributed by atoms with van der Waals surface area (Å²) in [6, 6.07) is 17.7. The number of rotatable bonds is 5. The number of aromatic nitrogens is 4. The van der Waals surface area contributed by atoms with Crippen LogP contribution in [0.15, 0.2) is 60.8 Å². The van der Waals surface area contributed by atoms with Crippen molar-refractivity contribution >= 4 is 11.4 Å². The maximum atomic E-state index is 13.2. The number of aryl methyl sites for hydroxylation is 1. The predicted molar refractivity (Wildman–Crippen MR) is 122 cm³/mol. The SMILES string of the molecule is COc1ccccc1-c1cc(C(=O)N2CCN(Cc3cc4ccccn4n3)CC2)n(C)n1. The van der Waals surface area contributed by atoms with E-state index in [2.05, 4.69) is 27.2 Å². The Morgan fingerprint density at radius 3 is 2.56 bits per heavy atom. The first-order valence-electron chi connectivity index (χ1n) is 10.7. The number of ether oxygens (including phenoxy) is 1. The van der Waals surface area contributed by atoms with E-state index in [-0.39, 0.29) is 5.91 Å². The van der Waals surface area contributed by atoms with Crippen molar-refractivity contribution in [2.45, 2.75) is 6.54 Å². The number of para-hydroxylation sites is 1. The second-order valence-electron chi connectivity index (χ2n) is 8.01. The van der Waals surface area contributed by atoms with Gasteiger partial charge in [-0.15, -0.1) is 0 Å². The van der Waals surface area contributed by atoms with Crippen LogP contribution in [0.2, 0.25) is 0 Å². The van der Waals surface area contributed by atoms with Crippen molar-refractivity contribution in [1.29, 1.82) is 0 Å². The minimum absolute atomic E-state index is 0.00790. The summed E-state index contributed by atoms with van der Waals surface area (Å²) in [5, 5.41) is 9.20. The number of benzene rings is 1. The van der Waals surface area contributed by atoms with Crippen LogP contribution in [-0.2, 0) is 13.6 Å². The summed E-state index contributed by atoms with van der Waals surface area (Å²) in [6.07, 6.45) is 1.96. The molecule has 1 aliphatic rings. The molecule has 164 valence electrons. The van der Waals surface area contributed by atoms with Crippen molar-refractivity contribution in [2.75, 3.05) is 33.3 Å². The van der Waals surface area contributed by atoms with Crippen LogP contribution in [0.25, 0.3) is 16.8 Å². The molecule has 8 heteroatoms. The highest BCUT2D eigenvalue weighted by molar-refractivity contribution is 5.94. The van der Waals surface area contributed by atoms with Crippen LogP contribution in [0.5, 0.6) is 5.75 Å². The number of pyridine rings is 1. The van der Waals surface area contributed by atoms with Crippen molar-refractivity contribution in [3.8, 4) is 17.0 Å². The number of carbonyl (C=O) groups is 1. The highest BCUT2D eigenvalue weighted by atomic mass is 16.5. The van der Waals surface area contributed by atoms with Gasteiger partial charge >= 0.3 is 0 Å². The number of fused-ring (bicyclic) bond motifs is 1. The molecule has 0 atom stereocenters. The molecule has 1 fully saturated rings. The third-order valence-corrected chi connectivity index (χ3v) is 5.95. The smallest absolute Gasteiger partial charge is 0.272 e. The average molecular weight is 431 g/mol. The molecule has 0 saturated carbocycles. The molecular weight excluding hydrogens is 404 g/mol. The van der Waals surface area contributed by atoms with Crippen molar-refractivity contribution in [1.82, 2.24) is 29.2 Å². The number of hydrogen-bond donors (Lipinski definition) is 0. The van der Waals surface area contributed by atoms with Gasteiger partial charge in [0.25, 0.3) is 5.91 Å². The molecule has 0 unspecified atom stereocenters. The Bertz CT molecular complexity index is 1220. The largest absolute Gasteiger partial charge is 0.496 e. The molecule has 4 heterocycles. The first-order valence-corrected chi connectivity index (χ1v) is 10.7. The molecule has 1 aromatic carbocycles. The standard InChI is InChI=1S/C24H26N6O2/c1-27-22(16-21(26-27)20-8-3-4-9-23(20)32-2)24(31)29-13-11-28(12-14-29)17-18-15-19-7-5-6-10-30(19)25-18/h3-10,15-16H,11-14,17H2,1-2H3. The summed E-state index contributed by atoms with van der Waals surface area (Å²) in [4.78, 5) is 17.5. The minimum atomic E-state index is 0.00790. The Morgan fingerprint density at radius 2 is 1.78 bits per heavy atom. The van der Waals surface area contributed by atoms with Crippen LogP contribution in [0, 0.1) is 0 Å². The molecule has 0 spiro atoms. The van der Waals surface area contributed by atoms with Gasteiger partial charge in [-0.05, 0) is 36.4 Å². The second-order valence-corrected chi connectivity index (χ2v) is 8.01. The Morgan fingerprint density at radius 1 is 1.00 bits per heavy atom. The zero-order chi connectivity index (χ0) is 22.1. The van der Waals surface area contributed by atoms with E-state index in [0.29, 0.717) is 18.8 Å². The lowest BCUT2D eigenvalue weighted by Crippen LogP contribution is -2.48. The quantitative estimate of drug-likeness (QED) is 0.487. The Labute approximate surface area is 186 Å². The number of carbonyl (C=O) groups excluding carboxylic acids is 1. The summed E-state index contributed by atoms with van der Waals surface area (Å²) < 4.78 is 9.01. The van der Waals surface area contributed by atoms with Gasteiger partial charge in [0.15, 0.2) is 0 Å². The maximum absolute atomic E-state index is 13.2. The molecule has 32 heavy (non-hydrogen) atoms. The minimum Gasteiger partial charge on any atom is -0.496 e. The van der Waals surface area contributed by atoms with Crippen molar-refractivity contribution < 1.29 is 9.53 Å². The van der Waals surface area contributed by atoms with E-state index in [1.54, 1.807) is 11.8 Å². The van der Waals surface area contributed by atoms with E-state index < -0.39 is 0 Å². The van der Waals surface area contributed by atoms with Gasteiger partial charge in [0, 0.05) is 51.5 Å². The van der Waals surface area contributed by atoms with E-state index >= 15 is 0 Å². The van der Waals surface area contributed by atoms with Crippen LogP contribution in [0.3, 0.4) is 0 Å². The normalized spacial score (nSPS) is 14.8. The van der Waals surface area contributed by atoms with Crippen molar-refractivity contribution in [3.63, 3.8) is 0 Å². The molecule has 0 bridgehead atoms. The summed E-state index contributed by atoms with van der Waals surface area (Å²) >= 11 is 0. The topological polar surface area (TPSA) is 67.9 Å². The third kappa shape index (κ3) is 3.85. The average Bonchev–Trinajstić information content (AvgIpc) is 3.41. The van der Waals surface area contributed by atoms with Gasteiger partial charge in [-0.3, -0.25) is 14.4 Å². The predicted octanol–water partition coefficient (Wildman–Crippen LogP) is 2.70. The number of methoxy groups -OCH3 is 1. The molecule has 0 radical (unpaired) electrons. The maximum Gasteiger partial charge on any atom is 0.272 e. The van der Waals surface area contributed by atoms with E-state index in [9.17, 15) is 4.79 Å². The lowest BCUT2D eigenvalue weighted by Gasteiger charge is -2.34. The van der Waals surface area contributed by atoms with Crippen LogP contribution in [-0.4, -0.2) is 68.4 Å². The van der Waals surface area contributed by atoms with Gasteiger partial charge in [-0.2, -0.15) is 10.2 Å². The van der Waals surface area contributed by atoms with Gasteiger partial charge in [-0.1, -0.05) is 18.2 Å². The molecule has 1 saturated heterocycles. The Hall–Kier alpha value is -3.65. The molecule has 3 aromatic heterocycles. The molecule has 0 aliphatic carbocycles. The molecule has 4 aromatic rings. The number of nitrogens with zero attached hydrogens (tertiary/aromatic N) is 6. The lowest BCUT2D eigenvalue weighted by molar-refractivity contribution is 0.0616. The van der Waals surface area contributed by atoms with Gasteiger partial charge in [0.2, 0.25) is 0 Å². The van der Waals surface area contributed by atoms with Crippen molar-refractivity contribution in [3.05, 3.63) is 72.2 Å². The van der Waals surface area contributed by atoms with Gasteiger partial charge in [-0.25, -0.2) is 4.52 Å². The van der Waals surface area contributed by atoms with Crippen LogP contribution in [0.4, 0.5) is 0 Å². The Balaban J connectivity index is 1.25. The number of amides is 1. The molecule has 5 rings (SSSR count). The fourth-order valence-electron chi connectivity index (χ4n) is 4.22. The van der Waals surface area contributed by atoms with E-state index in [4.69, 9.17) is 4.74 Å². The zero-order valence-electron chi connectivity index (χ0n) is 18.3. The molecule has 0 N–H and O–H groups in total. The summed E-state index contributed by atoms with van der Waals surface area (Å²) in [5.74, 6) is 0.749. The van der Waals surface area contributed by atoms with E-state index in [0.717, 1.165) is 47.9 Å². The van der Waals surface area contributed by atoms with Crippen LogP contribution < -0.4 is 4.74 Å². The third-order valence-electron chi connectivity index (χ3n) is 5.95. The first kappa shape index (κ1) is 20.3. The Kier molecular flexibility index (Phi) is 5.36. The lowest BCUT2D eigenvalue weighted by atomic mass is 10.1. The molecule has 8 nitrogen and oxygen atoms in total. The zero-order valence-corrected chi connectivity index (χ0v) is 18.3. The van der Waals surface area contributed by atoms with Crippen LogP contribution in [0.1, 0.15) is 16.2 Å². The highest BCUT2D eigenvalue weighted by Gasteiger charge is 2.25. The number of piperazine rings is 1. The molecule has 1 aliphatic heterocycles.